The maximum atomic E-state index is 12.0. The summed E-state index contributed by atoms with van der Waals surface area (Å²) in [6.45, 7) is 0. The van der Waals surface area contributed by atoms with E-state index in [9.17, 15) is 4.79 Å². The number of anilines is 1. The summed E-state index contributed by atoms with van der Waals surface area (Å²) in [5.74, 6) is -0.0217. The van der Waals surface area contributed by atoms with Crippen molar-refractivity contribution in [1.29, 1.82) is 0 Å². The van der Waals surface area contributed by atoms with Gasteiger partial charge in [-0.25, -0.2) is 4.98 Å². The van der Waals surface area contributed by atoms with Crippen molar-refractivity contribution in [3.05, 3.63) is 46.5 Å². The van der Waals surface area contributed by atoms with Crippen LogP contribution in [0.15, 0.2) is 30.3 Å². The number of hydrogen-bond acceptors (Lipinski definition) is 4. The number of benzene rings is 1. The summed E-state index contributed by atoms with van der Waals surface area (Å²) in [5, 5.41) is 3.59. The molecule has 1 aliphatic rings. The number of aromatic nitrogens is 1. The van der Waals surface area contributed by atoms with Gasteiger partial charge in [-0.3, -0.25) is 4.79 Å². The zero-order valence-electron chi connectivity index (χ0n) is 11.5. The highest BCUT2D eigenvalue weighted by molar-refractivity contribution is 7.15. The minimum Gasteiger partial charge on any atom is -0.327 e. The number of hydrogen-bond donors (Lipinski definition) is 2. The van der Waals surface area contributed by atoms with Crippen molar-refractivity contribution in [2.45, 2.75) is 31.7 Å². The van der Waals surface area contributed by atoms with Gasteiger partial charge in [-0.05, 0) is 24.8 Å². The second-order valence-corrected chi connectivity index (χ2v) is 6.19. The minimum atomic E-state index is -0.0217. The smallest absolute Gasteiger partial charge is 0.230 e. The van der Waals surface area contributed by atoms with E-state index in [4.69, 9.17) is 5.73 Å². The second-order valence-electron chi connectivity index (χ2n) is 5.10. The monoisotopic (exact) mass is 323 g/mol. The Hall–Kier alpha value is -1.43. The molecule has 112 valence electrons. The lowest BCUT2D eigenvalue weighted by Crippen LogP contribution is -2.27. The van der Waals surface area contributed by atoms with E-state index >= 15 is 0 Å². The van der Waals surface area contributed by atoms with Crippen LogP contribution in [0.5, 0.6) is 0 Å². The number of carbonyl (C=O) groups is 1. The molecule has 0 aliphatic heterocycles. The van der Waals surface area contributed by atoms with Crippen LogP contribution >= 0.6 is 23.7 Å². The third-order valence-electron chi connectivity index (χ3n) is 3.43. The van der Waals surface area contributed by atoms with Crippen molar-refractivity contribution in [3.8, 4) is 0 Å². The third-order valence-corrected chi connectivity index (χ3v) is 4.47. The minimum absolute atomic E-state index is 0. The van der Waals surface area contributed by atoms with Crippen LogP contribution in [0.25, 0.3) is 0 Å². The number of nitrogens with two attached hydrogens (primary N) is 1. The molecule has 21 heavy (non-hydrogen) atoms. The molecule has 3 N–H and O–H groups in total. The summed E-state index contributed by atoms with van der Waals surface area (Å²) in [6, 6.07) is 9.95. The van der Waals surface area contributed by atoms with Crippen LogP contribution in [0.2, 0.25) is 0 Å². The van der Waals surface area contributed by atoms with Gasteiger partial charge in [0.05, 0.1) is 12.1 Å². The molecule has 1 aromatic carbocycles. The molecule has 0 fully saturated rings. The standard InChI is InChI=1S/C15H17N3OS.ClH/c16-11-6-7-12-13(9-11)20-15(17-12)18-14(19)8-10-4-2-1-3-5-10;/h1-5,11H,6-9,16H2,(H,17,18,19);1H/t11-;/m0./s1. The SMILES string of the molecule is Cl.N[C@H]1CCc2nc(NC(=O)Cc3ccccc3)sc2C1. The molecule has 4 nitrogen and oxygen atoms in total. The van der Waals surface area contributed by atoms with Gasteiger partial charge >= 0.3 is 0 Å². The molecule has 1 aromatic heterocycles. The zero-order valence-corrected chi connectivity index (χ0v) is 13.2. The molecule has 0 saturated heterocycles. The van der Waals surface area contributed by atoms with Gasteiger partial charge in [-0.1, -0.05) is 30.3 Å². The van der Waals surface area contributed by atoms with Gasteiger partial charge < -0.3 is 11.1 Å². The van der Waals surface area contributed by atoms with Crippen molar-refractivity contribution in [2.75, 3.05) is 5.32 Å². The lowest BCUT2D eigenvalue weighted by molar-refractivity contribution is -0.115. The summed E-state index contributed by atoms with van der Waals surface area (Å²) in [7, 11) is 0. The molecule has 6 heteroatoms. The molecule has 0 spiro atoms. The number of nitrogens with one attached hydrogen (secondary N) is 1. The van der Waals surface area contributed by atoms with Gasteiger partial charge in [-0.15, -0.1) is 23.7 Å². The van der Waals surface area contributed by atoms with Crippen LogP contribution in [0.4, 0.5) is 5.13 Å². The average molecular weight is 324 g/mol. The number of halogens is 1. The number of amides is 1. The Bertz CT molecular complexity index is 615. The van der Waals surface area contributed by atoms with E-state index in [1.165, 1.54) is 4.88 Å². The lowest BCUT2D eigenvalue weighted by Gasteiger charge is -2.15. The molecule has 0 bridgehead atoms. The summed E-state index contributed by atoms with van der Waals surface area (Å²) in [6.07, 6.45) is 3.15. The van der Waals surface area contributed by atoms with Gasteiger partial charge in [0.15, 0.2) is 5.13 Å². The summed E-state index contributed by atoms with van der Waals surface area (Å²) in [5.41, 5.74) is 8.06. The first-order valence-corrected chi connectivity index (χ1v) is 7.60. The van der Waals surface area contributed by atoms with Crippen LogP contribution < -0.4 is 11.1 Å². The molecule has 1 heterocycles. The van der Waals surface area contributed by atoms with Crippen LogP contribution in [0.3, 0.4) is 0 Å². The van der Waals surface area contributed by atoms with Crippen molar-refractivity contribution in [3.63, 3.8) is 0 Å². The van der Waals surface area contributed by atoms with Crippen molar-refractivity contribution in [1.82, 2.24) is 4.98 Å². The molecule has 1 amide bonds. The first kappa shape index (κ1) is 15.9. The highest BCUT2D eigenvalue weighted by atomic mass is 35.5. The number of carbonyl (C=O) groups excluding carboxylic acids is 1. The first-order valence-electron chi connectivity index (χ1n) is 6.78. The average Bonchev–Trinajstić information content (AvgIpc) is 2.80. The van der Waals surface area contributed by atoms with Crippen molar-refractivity contribution < 1.29 is 4.79 Å². The molecule has 3 rings (SSSR count). The number of nitrogens with zero attached hydrogens (tertiary/aromatic N) is 1. The fourth-order valence-corrected chi connectivity index (χ4v) is 3.52. The van der Waals surface area contributed by atoms with Gasteiger partial charge in [-0.2, -0.15) is 0 Å². The highest BCUT2D eigenvalue weighted by Gasteiger charge is 2.20. The van der Waals surface area contributed by atoms with Gasteiger partial charge in [0, 0.05) is 10.9 Å². The molecule has 1 atom stereocenters. The predicted octanol–water partition coefficient (Wildman–Crippen LogP) is 2.56. The third kappa shape index (κ3) is 4.03. The van der Waals surface area contributed by atoms with Crippen LogP contribution in [-0.4, -0.2) is 16.9 Å². The van der Waals surface area contributed by atoms with Crippen LogP contribution in [0.1, 0.15) is 22.6 Å². The fraction of sp³-hybridized carbons (Fsp3) is 0.333. The van der Waals surface area contributed by atoms with Crippen LogP contribution in [-0.2, 0) is 24.1 Å². The number of aryl methyl sites for hydroxylation is 1. The van der Waals surface area contributed by atoms with Gasteiger partial charge in [0.2, 0.25) is 5.91 Å². The number of rotatable bonds is 3. The maximum Gasteiger partial charge on any atom is 0.230 e. The highest BCUT2D eigenvalue weighted by Crippen LogP contribution is 2.29. The molecular weight excluding hydrogens is 306 g/mol. The summed E-state index contributed by atoms with van der Waals surface area (Å²) in [4.78, 5) is 17.7. The molecule has 1 aliphatic carbocycles. The maximum absolute atomic E-state index is 12.0. The van der Waals surface area contributed by atoms with Crippen molar-refractivity contribution in [2.24, 2.45) is 5.73 Å². The lowest BCUT2D eigenvalue weighted by atomic mass is 9.99. The van der Waals surface area contributed by atoms with Gasteiger partial charge in [0.25, 0.3) is 0 Å². The zero-order chi connectivity index (χ0) is 13.9. The Balaban J connectivity index is 0.00000161. The molecule has 0 radical (unpaired) electrons. The molecule has 0 unspecified atom stereocenters. The van der Waals surface area contributed by atoms with Crippen LogP contribution in [0, 0.1) is 0 Å². The Morgan fingerprint density at radius 3 is 2.90 bits per heavy atom. The van der Waals surface area contributed by atoms with Crippen molar-refractivity contribution >= 4 is 34.8 Å². The van der Waals surface area contributed by atoms with E-state index in [2.05, 4.69) is 10.3 Å². The Labute approximate surface area is 134 Å². The molecule has 0 saturated carbocycles. The quantitative estimate of drug-likeness (QED) is 0.912. The number of fused-ring (bicyclic) bond motifs is 1. The van der Waals surface area contributed by atoms with E-state index in [-0.39, 0.29) is 24.4 Å². The molecule has 2 aromatic rings. The second kappa shape index (κ2) is 7.02. The summed E-state index contributed by atoms with van der Waals surface area (Å²) < 4.78 is 0. The Morgan fingerprint density at radius 2 is 2.14 bits per heavy atom. The summed E-state index contributed by atoms with van der Waals surface area (Å²) >= 11 is 1.55. The van der Waals surface area contributed by atoms with E-state index in [1.54, 1.807) is 11.3 Å². The largest absolute Gasteiger partial charge is 0.327 e. The Kier molecular flexibility index (Phi) is 5.33. The Morgan fingerprint density at radius 1 is 1.38 bits per heavy atom. The predicted molar refractivity (Wildman–Crippen MR) is 88.1 cm³/mol. The van der Waals surface area contributed by atoms with E-state index < -0.39 is 0 Å². The number of thiazole rings is 1. The fourth-order valence-electron chi connectivity index (χ4n) is 2.40. The normalized spacial score (nSPS) is 16.7. The molecular formula is C15H18ClN3OS. The topological polar surface area (TPSA) is 68.0 Å². The van der Waals surface area contributed by atoms with E-state index in [0.29, 0.717) is 11.6 Å². The van der Waals surface area contributed by atoms with E-state index in [1.807, 2.05) is 30.3 Å². The van der Waals surface area contributed by atoms with Gasteiger partial charge in [0.1, 0.15) is 0 Å². The van der Waals surface area contributed by atoms with E-state index in [0.717, 1.165) is 30.5 Å². The first-order chi connectivity index (χ1) is 9.70.